The van der Waals surface area contributed by atoms with E-state index in [0.717, 1.165) is 25.2 Å². The zero-order chi connectivity index (χ0) is 12.0. The van der Waals surface area contributed by atoms with Crippen molar-refractivity contribution in [1.29, 1.82) is 0 Å². The zero-order valence-corrected chi connectivity index (χ0v) is 10.3. The van der Waals surface area contributed by atoms with Crippen LogP contribution < -0.4 is 11.1 Å². The Labute approximate surface area is 97.2 Å². The molecule has 1 atom stereocenters. The summed E-state index contributed by atoms with van der Waals surface area (Å²) in [6.07, 6.45) is 2.64. The smallest absolute Gasteiger partial charge is 0.128 e. The second-order valence-electron chi connectivity index (χ2n) is 3.75. The number of nitrogens with two attached hydrogens (primary N) is 1. The number of nitrogen functional groups attached to an aromatic ring is 1. The molecule has 0 bridgehead atoms. The number of nitrogens with one attached hydrogen (secondary N) is 1. The fraction of sp³-hybridized carbons (Fsp3) is 0.583. The van der Waals surface area contributed by atoms with E-state index in [4.69, 9.17) is 10.5 Å². The summed E-state index contributed by atoms with van der Waals surface area (Å²) >= 11 is 0. The molecule has 0 fully saturated rings. The SMILES string of the molecule is CCOCCC(NC)c1c(C)ccnc1N. The summed E-state index contributed by atoms with van der Waals surface area (Å²) in [4.78, 5) is 4.13. The van der Waals surface area contributed by atoms with Crippen LogP contribution in [-0.2, 0) is 4.74 Å². The molecule has 4 heteroatoms. The van der Waals surface area contributed by atoms with Gasteiger partial charge in [-0.05, 0) is 38.9 Å². The molecule has 90 valence electrons. The first kappa shape index (κ1) is 12.9. The van der Waals surface area contributed by atoms with E-state index in [1.54, 1.807) is 6.20 Å². The standard InChI is InChI=1S/C12H21N3O/c1-4-16-8-6-10(14-3)11-9(2)5-7-15-12(11)13/h5,7,10,14H,4,6,8H2,1-3H3,(H2,13,15). The summed E-state index contributed by atoms with van der Waals surface area (Å²) in [6.45, 7) is 5.53. The lowest BCUT2D eigenvalue weighted by Gasteiger charge is -2.19. The highest BCUT2D eigenvalue weighted by atomic mass is 16.5. The molecule has 0 saturated carbocycles. The summed E-state index contributed by atoms with van der Waals surface area (Å²) in [5, 5.41) is 3.26. The van der Waals surface area contributed by atoms with E-state index >= 15 is 0 Å². The van der Waals surface area contributed by atoms with Gasteiger partial charge in [0.2, 0.25) is 0 Å². The number of rotatable bonds is 6. The Bertz CT molecular complexity index is 308. The second-order valence-corrected chi connectivity index (χ2v) is 3.75. The van der Waals surface area contributed by atoms with E-state index in [9.17, 15) is 0 Å². The van der Waals surface area contributed by atoms with Crippen LogP contribution in [0.5, 0.6) is 0 Å². The molecule has 0 aromatic carbocycles. The van der Waals surface area contributed by atoms with Gasteiger partial charge in [-0.25, -0.2) is 4.98 Å². The van der Waals surface area contributed by atoms with Crippen molar-refractivity contribution in [1.82, 2.24) is 10.3 Å². The highest BCUT2D eigenvalue weighted by molar-refractivity contribution is 5.46. The molecule has 1 rings (SSSR count). The molecule has 0 radical (unpaired) electrons. The van der Waals surface area contributed by atoms with Gasteiger partial charge in [0.15, 0.2) is 0 Å². The molecule has 1 unspecified atom stereocenters. The van der Waals surface area contributed by atoms with Gasteiger partial charge in [0, 0.05) is 31.0 Å². The summed E-state index contributed by atoms with van der Waals surface area (Å²) in [5.41, 5.74) is 8.17. The van der Waals surface area contributed by atoms with Crippen molar-refractivity contribution in [2.45, 2.75) is 26.3 Å². The molecule has 0 amide bonds. The van der Waals surface area contributed by atoms with E-state index in [1.807, 2.05) is 20.0 Å². The number of hydrogen-bond acceptors (Lipinski definition) is 4. The summed E-state index contributed by atoms with van der Waals surface area (Å²) in [5.74, 6) is 0.607. The fourth-order valence-electron chi connectivity index (χ4n) is 1.82. The topological polar surface area (TPSA) is 60.2 Å². The monoisotopic (exact) mass is 223 g/mol. The molecule has 0 aliphatic rings. The van der Waals surface area contributed by atoms with E-state index in [1.165, 1.54) is 5.56 Å². The number of aromatic nitrogens is 1. The maximum atomic E-state index is 5.91. The average molecular weight is 223 g/mol. The minimum Gasteiger partial charge on any atom is -0.383 e. The van der Waals surface area contributed by atoms with Crippen molar-refractivity contribution >= 4 is 5.82 Å². The maximum absolute atomic E-state index is 5.91. The van der Waals surface area contributed by atoms with Gasteiger partial charge in [-0.1, -0.05) is 0 Å². The van der Waals surface area contributed by atoms with Crippen molar-refractivity contribution in [2.75, 3.05) is 26.0 Å². The van der Waals surface area contributed by atoms with E-state index in [0.29, 0.717) is 5.82 Å². The quantitative estimate of drug-likeness (QED) is 0.720. The van der Waals surface area contributed by atoms with Crippen LogP contribution in [-0.4, -0.2) is 25.2 Å². The van der Waals surface area contributed by atoms with Crippen molar-refractivity contribution in [3.05, 3.63) is 23.4 Å². The van der Waals surface area contributed by atoms with Crippen LogP contribution in [0, 0.1) is 6.92 Å². The van der Waals surface area contributed by atoms with Crippen molar-refractivity contribution in [3.63, 3.8) is 0 Å². The maximum Gasteiger partial charge on any atom is 0.128 e. The highest BCUT2D eigenvalue weighted by Gasteiger charge is 2.15. The number of ether oxygens (including phenoxy) is 1. The highest BCUT2D eigenvalue weighted by Crippen LogP contribution is 2.24. The Morgan fingerprint density at radius 1 is 1.56 bits per heavy atom. The first-order valence-electron chi connectivity index (χ1n) is 5.66. The molecule has 1 heterocycles. The second kappa shape index (κ2) is 6.45. The Morgan fingerprint density at radius 2 is 2.31 bits per heavy atom. The van der Waals surface area contributed by atoms with Crippen LogP contribution in [0.4, 0.5) is 5.82 Å². The number of hydrogen-bond donors (Lipinski definition) is 2. The summed E-state index contributed by atoms with van der Waals surface area (Å²) < 4.78 is 5.37. The third kappa shape index (κ3) is 3.18. The summed E-state index contributed by atoms with van der Waals surface area (Å²) in [7, 11) is 1.93. The van der Waals surface area contributed by atoms with Gasteiger partial charge >= 0.3 is 0 Å². The molecule has 0 aliphatic heterocycles. The Balaban J connectivity index is 2.78. The van der Waals surface area contributed by atoms with Crippen molar-refractivity contribution in [3.8, 4) is 0 Å². The number of anilines is 1. The molecule has 1 aromatic rings. The molecular formula is C12H21N3O. The van der Waals surface area contributed by atoms with Crippen LogP contribution >= 0.6 is 0 Å². The molecule has 0 spiro atoms. The molecule has 4 nitrogen and oxygen atoms in total. The molecule has 3 N–H and O–H groups in total. The molecule has 0 aliphatic carbocycles. The van der Waals surface area contributed by atoms with E-state index in [2.05, 4.69) is 17.2 Å². The Morgan fingerprint density at radius 3 is 2.88 bits per heavy atom. The average Bonchev–Trinajstić information content (AvgIpc) is 2.26. The predicted molar refractivity (Wildman–Crippen MR) is 66.3 cm³/mol. The van der Waals surface area contributed by atoms with Crippen LogP contribution in [0.25, 0.3) is 0 Å². The lowest BCUT2D eigenvalue weighted by atomic mass is 10.0. The van der Waals surface area contributed by atoms with Crippen LogP contribution in [0.3, 0.4) is 0 Å². The van der Waals surface area contributed by atoms with Gasteiger partial charge in [-0.3, -0.25) is 0 Å². The van der Waals surface area contributed by atoms with Gasteiger partial charge in [-0.2, -0.15) is 0 Å². The lowest BCUT2D eigenvalue weighted by molar-refractivity contribution is 0.137. The molecule has 16 heavy (non-hydrogen) atoms. The zero-order valence-electron chi connectivity index (χ0n) is 10.3. The Kier molecular flexibility index (Phi) is 5.22. The van der Waals surface area contributed by atoms with Gasteiger partial charge in [-0.15, -0.1) is 0 Å². The molecule has 0 saturated heterocycles. The van der Waals surface area contributed by atoms with Crippen LogP contribution in [0.2, 0.25) is 0 Å². The van der Waals surface area contributed by atoms with Gasteiger partial charge in [0.05, 0.1) is 0 Å². The minimum absolute atomic E-state index is 0.209. The number of aryl methyl sites for hydroxylation is 1. The fourth-order valence-corrected chi connectivity index (χ4v) is 1.82. The van der Waals surface area contributed by atoms with Crippen LogP contribution in [0.1, 0.15) is 30.5 Å². The first-order chi connectivity index (χ1) is 7.70. The predicted octanol–water partition coefficient (Wildman–Crippen LogP) is 1.66. The third-order valence-electron chi connectivity index (χ3n) is 2.69. The van der Waals surface area contributed by atoms with Crippen molar-refractivity contribution < 1.29 is 4.74 Å². The largest absolute Gasteiger partial charge is 0.383 e. The lowest BCUT2D eigenvalue weighted by Crippen LogP contribution is -2.21. The minimum atomic E-state index is 0.209. The summed E-state index contributed by atoms with van der Waals surface area (Å²) in [6, 6.07) is 2.19. The third-order valence-corrected chi connectivity index (χ3v) is 2.69. The van der Waals surface area contributed by atoms with E-state index in [-0.39, 0.29) is 6.04 Å². The van der Waals surface area contributed by atoms with Crippen molar-refractivity contribution in [2.24, 2.45) is 0 Å². The van der Waals surface area contributed by atoms with Gasteiger partial charge in [0.25, 0.3) is 0 Å². The normalized spacial score (nSPS) is 12.7. The van der Waals surface area contributed by atoms with Gasteiger partial charge in [0.1, 0.15) is 5.82 Å². The van der Waals surface area contributed by atoms with Crippen LogP contribution in [0.15, 0.2) is 12.3 Å². The number of nitrogens with zero attached hydrogens (tertiary/aromatic N) is 1. The number of pyridine rings is 1. The first-order valence-corrected chi connectivity index (χ1v) is 5.66. The molecular weight excluding hydrogens is 202 g/mol. The molecule has 1 aromatic heterocycles. The van der Waals surface area contributed by atoms with E-state index < -0.39 is 0 Å². The van der Waals surface area contributed by atoms with Gasteiger partial charge < -0.3 is 15.8 Å². The Hall–Kier alpha value is -1.13.